The van der Waals surface area contributed by atoms with Crippen LogP contribution in [0.4, 0.5) is 0 Å². The van der Waals surface area contributed by atoms with E-state index in [2.05, 4.69) is 0 Å². The normalized spacial score (nSPS) is 8.00. The predicted octanol–water partition coefficient (Wildman–Crippen LogP) is 0.717. The zero-order chi connectivity index (χ0) is 5.98. The second kappa shape index (κ2) is 3.68. The van der Waals surface area contributed by atoms with Gasteiger partial charge in [0.05, 0.1) is 0 Å². The third-order valence-corrected chi connectivity index (χ3v) is 0.882. The number of phenolic OH excluding ortho intramolecular Hbond substituents is 2. The van der Waals surface area contributed by atoms with Gasteiger partial charge >= 0.3 is 0 Å². The molecular weight excluding hydrogens is 313 g/mol. The number of para-hydroxylation sites is 2. The van der Waals surface area contributed by atoms with Crippen LogP contribution in [-0.4, -0.2) is 36.4 Å². The standard InChI is InChI=1S/C6H6O2.Bi/c7-5-3-1-2-4-6(5)8;/h1-4,7-8H;. The molecule has 9 heavy (non-hydrogen) atoms. The third-order valence-electron chi connectivity index (χ3n) is 0.882. The van der Waals surface area contributed by atoms with E-state index in [9.17, 15) is 0 Å². The van der Waals surface area contributed by atoms with Crippen molar-refractivity contribution in [3.8, 4) is 11.5 Å². The Hall–Kier alpha value is -0.297. The minimum absolute atomic E-state index is 0. The van der Waals surface area contributed by atoms with Crippen LogP contribution in [0.25, 0.3) is 0 Å². The van der Waals surface area contributed by atoms with Crippen molar-refractivity contribution in [2.45, 2.75) is 0 Å². The summed E-state index contributed by atoms with van der Waals surface area (Å²) in [7, 11) is 0. The Labute approximate surface area is 72.3 Å². The first-order valence-corrected chi connectivity index (χ1v) is 2.27. The van der Waals surface area contributed by atoms with Crippen molar-refractivity contribution in [2.75, 3.05) is 0 Å². The quantitative estimate of drug-likeness (QED) is 0.546. The van der Waals surface area contributed by atoms with Gasteiger partial charge in [0.15, 0.2) is 11.5 Å². The molecule has 0 amide bonds. The van der Waals surface area contributed by atoms with Gasteiger partial charge in [-0.05, 0) is 12.1 Å². The van der Waals surface area contributed by atoms with Crippen LogP contribution in [0.2, 0.25) is 0 Å². The molecule has 0 atom stereocenters. The van der Waals surface area contributed by atoms with Crippen LogP contribution in [0.5, 0.6) is 11.5 Å². The molecule has 0 spiro atoms. The Balaban J connectivity index is 0.000000640. The smallest absolute Gasteiger partial charge is 0.157 e. The molecule has 2 N–H and O–H groups in total. The number of rotatable bonds is 0. The van der Waals surface area contributed by atoms with E-state index in [-0.39, 0.29) is 37.7 Å². The van der Waals surface area contributed by atoms with E-state index < -0.39 is 0 Å². The van der Waals surface area contributed by atoms with E-state index in [1.165, 1.54) is 12.1 Å². The number of phenols is 2. The van der Waals surface area contributed by atoms with E-state index in [0.29, 0.717) is 0 Å². The SMILES string of the molecule is Oc1ccccc1O.[Bi]. The molecule has 0 aliphatic carbocycles. The van der Waals surface area contributed by atoms with E-state index in [4.69, 9.17) is 10.2 Å². The monoisotopic (exact) mass is 319 g/mol. The summed E-state index contributed by atoms with van der Waals surface area (Å²) in [6.07, 6.45) is 0. The van der Waals surface area contributed by atoms with Gasteiger partial charge in [0.1, 0.15) is 0 Å². The fourth-order valence-corrected chi connectivity index (χ4v) is 0.464. The Morgan fingerprint density at radius 2 is 1.22 bits per heavy atom. The van der Waals surface area contributed by atoms with Crippen LogP contribution < -0.4 is 0 Å². The summed E-state index contributed by atoms with van der Waals surface area (Å²) < 4.78 is 0. The van der Waals surface area contributed by atoms with E-state index in [0.717, 1.165) is 0 Å². The molecule has 0 aliphatic heterocycles. The molecule has 47 valence electrons. The molecule has 2 nitrogen and oxygen atoms in total. The van der Waals surface area contributed by atoms with Crippen LogP contribution in [0.1, 0.15) is 0 Å². The second-order valence-electron chi connectivity index (χ2n) is 1.49. The number of hydrogen-bond acceptors (Lipinski definition) is 2. The average Bonchev–Trinajstić information content (AvgIpc) is 1.77. The maximum atomic E-state index is 8.67. The Bertz CT molecular complexity index is 167. The average molecular weight is 319 g/mol. The molecule has 0 aliphatic rings. The molecule has 0 saturated carbocycles. The molecule has 0 aromatic heterocycles. The maximum absolute atomic E-state index is 8.67. The van der Waals surface area contributed by atoms with Gasteiger partial charge in [-0.2, -0.15) is 0 Å². The van der Waals surface area contributed by atoms with Crippen LogP contribution in [0.3, 0.4) is 0 Å². The number of hydrogen-bond donors (Lipinski definition) is 2. The van der Waals surface area contributed by atoms with Gasteiger partial charge in [0.2, 0.25) is 0 Å². The maximum Gasteiger partial charge on any atom is 0.157 e. The van der Waals surface area contributed by atoms with Crippen molar-refractivity contribution >= 4 is 26.2 Å². The van der Waals surface area contributed by atoms with E-state index in [1.54, 1.807) is 12.1 Å². The Kier molecular flexibility index (Phi) is 3.55. The van der Waals surface area contributed by atoms with Gasteiger partial charge in [-0.1, -0.05) is 12.1 Å². The molecule has 1 aromatic carbocycles. The Morgan fingerprint density at radius 1 is 0.889 bits per heavy atom. The molecular formula is C6H6BiO2. The number of benzene rings is 1. The van der Waals surface area contributed by atoms with Gasteiger partial charge in [0, 0.05) is 26.2 Å². The zero-order valence-electron chi connectivity index (χ0n) is 4.65. The van der Waals surface area contributed by atoms with Crippen molar-refractivity contribution < 1.29 is 10.2 Å². The van der Waals surface area contributed by atoms with E-state index in [1.807, 2.05) is 0 Å². The van der Waals surface area contributed by atoms with Crippen LogP contribution in [-0.2, 0) is 0 Å². The molecule has 3 radical (unpaired) electrons. The van der Waals surface area contributed by atoms with Crippen LogP contribution in [0, 0.1) is 0 Å². The first-order valence-electron chi connectivity index (χ1n) is 2.27. The van der Waals surface area contributed by atoms with Crippen molar-refractivity contribution in [3.05, 3.63) is 24.3 Å². The van der Waals surface area contributed by atoms with E-state index >= 15 is 0 Å². The summed E-state index contributed by atoms with van der Waals surface area (Å²) >= 11 is 0. The molecule has 0 heterocycles. The summed E-state index contributed by atoms with van der Waals surface area (Å²) in [5.74, 6) is -0.153. The van der Waals surface area contributed by atoms with Crippen molar-refractivity contribution in [1.82, 2.24) is 0 Å². The minimum atomic E-state index is -0.0764. The van der Waals surface area contributed by atoms with Crippen molar-refractivity contribution in [1.29, 1.82) is 0 Å². The minimum Gasteiger partial charge on any atom is -0.504 e. The predicted molar refractivity (Wildman–Crippen MR) is 35.5 cm³/mol. The molecule has 1 aromatic rings. The fourth-order valence-electron chi connectivity index (χ4n) is 0.464. The molecule has 0 saturated heterocycles. The molecule has 1 rings (SSSR count). The fraction of sp³-hybridized carbons (Fsp3) is 0. The topological polar surface area (TPSA) is 40.5 Å². The Morgan fingerprint density at radius 3 is 1.44 bits per heavy atom. The largest absolute Gasteiger partial charge is 0.504 e. The second-order valence-corrected chi connectivity index (χ2v) is 1.49. The summed E-state index contributed by atoms with van der Waals surface area (Å²) in [6, 6.07) is 6.15. The number of aromatic hydroxyl groups is 2. The first kappa shape index (κ1) is 8.70. The summed E-state index contributed by atoms with van der Waals surface area (Å²) in [6.45, 7) is 0. The van der Waals surface area contributed by atoms with Gasteiger partial charge in [-0.3, -0.25) is 0 Å². The molecule has 0 fully saturated rings. The summed E-state index contributed by atoms with van der Waals surface area (Å²) in [5, 5.41) is 17.3. The molecule has 0 unspecified atom stereocenters. The van der Waals surface area contributed by atoms with Crippen LogP contribution in [0.15, 0.2) is 24.3 Å². The molecule has 0 bridgehead atoms. The van der Waals surface area contributed by atoms with Gasteiger partial charge in [0.25, 0.3) is 0 Å². The third kappa shape index (κ3) is 2.19. The van der Waals surface area contributed by atoms with Gasteiger partial charge < -0.3 is 10.2 Å². The van der Waals surface area contributed by atoms with Crippen LogP contribution >= 0.6 is 0 Å². The van der Waals surface area contributed by atoms with Crippen molar-refractivity contribution in [2.24, 2.45) is 0 Å². The summed E-state index contributed by atoms with van der Waals surface area (Å²) in [5.41, 5.74) is 0. The van der Waals surface area contributed by atoms with Gasteiger partial charge in [-0.15, -0.1) is 0 Å². The van der Waals surface area contributed by atoms with Gasteiger partial charge in [-0.25, -0.2) is 0 Å². The first-order chi connectivity index (χ1) is 3.80. The molecule has 3 heteroatoms. The summed E-state index contributed by atoms with van der Waals surface area (Å²) in [4.78, 5) is 0. The zero-order valence-corrected chi connectivity index (χ0v) is 8.13. The van der Waals surface area contributed by atoms with Crippen molar-refractivity contribution in [3.63, 3.8) is 0 Å².